The number of rotatable bonds is 5. The Morgan fingerprint density at radius 1 is 1.05 bits per heavy atom. The summed E-state index contributed by atoms with van der Waals surface area (Å²) in [5.41, 5.74) is 10.8. The van der Waals surface area contributed by atoms with E-state index in [0.717, 1.165) is 12.2 Å². The molecule has 0 aliphatic rings. The third-order valence-electron chi connectivity index (χ3n) is 3.61. The van der Waals surface area contributed by atoms with Gasteiger partial charge in [-0.25, -0.2) is 0 Å². The number of nitrogens with two attached hydrogens (primary N) is 1. The molecule has 2 aromatic rings. The standard InChI is InChI=1S/C18H23NO/c1-4-15-7-9-16(10-8-15)20-18(12-19)17-11-13(2)5-6-14(17)3/h5-11,18H,4,12,19H2,1-3H3. The summed E-state index contributed by atoms with van der Waals surface area (Å²) in [6.45, 7) is 6.81. The van der Waals surface area contributed by atoms with Gasteiger partial charge < -0.3 is 10.5 Å². The Morgan fingerprint density at radius 2 is 1.75 bits per heavy atom. The van der Waals surface area contributed by atoms with Crippen molar-refractivity contribution in [2.24, 2.45) is 5.73 Å². The molecule has 0 aliphatic heterocycles. The molecule has 20 heavy (non-hydrogen) atoms. The predicted molar refractivity (Wildman–Crippen MR) is 84.2 cm³/mol. The third-order valence-corrected chi connectivity index (χ3v) is 3.61. The minimum atomic E-state index is -0.0950. The second kappa shape index (κ2) is 6.58. The lowest BCUT2D eigenvalue weighted by Gasteiger charge is -2.20. The maximum absolute atomic E-state index is 6.06. The van der Waals surface area contributed by atoms with Crippen molar-refractivity contribution >= 4 is 0 Å². The predicted octanol–water partition coefficient (Wildman–Crippen LogP) is 3.94. The molecule has 0 aromatic heterocycles. The summed E-state index contributed by atoms with van der Waals surface area (Å²) in [6.07, 6.45) is 0.944. The molecule has 1 atom stereocenters. The normalized spacial score (nSPS) is 12.2. The Bertz CT molecular complexity index is 560. The first-order chi connectivity index (χ1) is 9.63. The van der Waals surface area contributed by atoms with E-state index in [4.69, 9.17) is 10.5 Å². The molecule has 0 heterocycles. The molecule has 0 saturated heterocycles. The molecule has 0 spiro atoms. The molecule has 106 valence electrons. The van der Waals surface area contributed by atoms with Gasteiger partial charge >= 0.3 is 0 Å². The molecule has 2 aromatic carbocycles. The van der Waals surface area contributed by atoms with Crippen LogP contribution in [0.15, 0.2) is 42.5 Å². The van der Waals surface area contributed by atoms with Crippen LogP contribution in [0, 0.1) is 13.8 Å². The molecule has 2 rings (SSSR count). The van der Waals surface area contributed by atoms with Gasteiger partial charge in [-0.1, -0.05) is 42.8 Å². The van der Waals surface area contributed by atoms with E-state index in [1.165, 1.54) is 22.3 Å². The zero-order chi connectivity index (χ0) is 14.5. The largest absolute Gasteiger partial charge is 0.484 e. The quantitative estimate of drug-likeness (QED) is 0.892. The second-order valence-corrected chi connectivity index (χ2v) is 5.20. The SMILES string of the molecule is CCc1ccc(OC(CN)c2cc(C)ccc2C)cc1. The molecule has 0 bridgehead atoms. The molecular weight excluding hydrogens is 246 g/mol. The first-order valence-electron chi connectivity index (χ1n) is 7.17. The minimum absolute atomic E-state index is 0.0950. The summed E-state index contributed by atoms with van der Waals surface area (Å²) in [6, 6.07) is 14.6. The molecule has 2 nitrogen and oxygen atoms in total. The van der Waals surface area contributed by atoms with Gasteiger partial charge in [0.2, 0.25) is 0 Å². The number of hydrogen-bond donors (Lipinski definition) is 1. The maximum atomic E-state index is 6.06. The van der Waals surface area contributed by atoms with E-state index in [1.807, 2.05) is 12.1 Å². The van der Waals surface area contributed by atoms with Gasteiger partial charge in [0.05, 0.1) is 0 Å². The highest BCUT2D eigenvalue weighted by Gasteiger charge is 2.14. The summed E-state index contributed by atoms with van der Waals surface area (Å²) in [7, 11) is 0. The Hall–Kier alpha value is -1.80. The summed E-state index contributed by atoms with van der Waals surface area (Å²) in [5.74, 6) is 0.874. The van der Waals surface area contributed by atoms with Gasteiger partial charge in [-0.05, 0) is 49.1 Å². The van der Waals surface area contributed by atoms with Crippen LogP contribution >= 0.6 is 0 Å². The maximum Gasteiger partial charge on any atom is 0.136 e. The van der Waals surface area contributed by atoms with E-state index in [0.29, 0.717) is 6.54 Å². The fourth-order valence-electron chi connectivity index (χ4n) is 2.31. The molecule has 0 radical (unpaired) electrons. The van der Waals surface area contributed by atoms with Crippen LogP contribution in [0.1, 0.15) is 35.3 Å². The van der Waals surface area contributed by atoms with Gasteiger partial charge in [0, 0.05) is 6.54 Å². The number of benzene rings is 2. The van der Waals surface area contributed by atoms with Crippen LogP contribution in [0.5, 0.6) is 5.75 Å². The number of aryl methyl sites for hydroxylation is 3. The van der Waals surface area contributed by atoms with Crippen molar-refractivity contribution in [3.8, 4) is 5.75 Å². The van der Waals surface area contributed by atoms with Crippen LogP contribution in [-0.2, 0) is 6.42 Å². The highest BCUT2D eigenvalue weighted by Crippen LogP contribution is 2.25. The zero-order valence-corrected chi connectivity index (χ0v) is 12.5. The van der Waals surface area contributed by atoms with Crippen molar-refractivity contribution < 1.29 is 4.74 Å². The van der Waals surface area contributed by atoms with Gasteiger partial charge in [0.15, 0.2) is 0 Å². The second-order valence-electron chi connectivity index (χ2n) is 5.20. The topological polar surface area (TPSA) is 35.2 Å². The molecule has 0 fully saturated rings. The molecule has 0 saturated carbocycles. The third kappa shape index (κ3) is 3.40. The monoisotopic (exact) mass is 269 g/mol. The van der Waals surface area contributed by atoms with E-state index in [1.54, 1.807) is 0 Å². The molecular formula is C18H23NO. The van der Waals surface area contributed by atoms with E-state index >= 15 is 0 Å². The van der Waals surface area contributed by atoms with Crippen LogP contribution in [0.3, 0.4) is 0 Å². The van der Waals surface area contributed by atoms with Crippen LogP contribution in [0.25, 0.3) is 0 Å². The smallest absolute Gasteiger partial charge is 0.136 e. The van der Waals surface area contributed by atoms with E-state index in [-0.39, 0.29) is 6.10 Å². The Kier molecular flexibility index (Phi) is 4.80. The van der Waals surface area contributed by atoms with Crippen LogP contribution in [0.4, 0.5) is 0 Å². The molecule has 0 aliphatic carbocycles. The summed E-state index contributed by atoms with van der Waals surface area (Å²) >= 11 is 0. The lowest BCUT2D eigenvalue weighted by molar-refractivity contribution is 0.213. The first-order valence-corrected chi connectivity index (χ1v) is 7.17. The van der Waals surface area contributed by atoms with Gasteiger partial charge in [-0.2, -0.15) is 0 Å². The van der Waals surface area contributed by atoms with Crippen molar-refractivity contribution in [1.29, 1.82) is 0 Å². The number of ether oxygens (including phenoxy) is 1. The molecule has 1 unspecified atom stereocenters. The van der Waals surface area contributed by atoms with Gasteiger partial charge in [-0.15, -0.1) is 0 Å². The fraction of sp³-hybridized carbons (Fsp3) is 0.333. The van der Waals surface area contributed by atoms with Gasteiger partial charge in [0.25, 0.3) is 0 Å². The fourth-order valence-corrected chi connectivity index (χ4v) is 2.31. The van der Waals surface area contributed by atoms with E-state index < -0.39 is 0 Å². The Morgan fingerprint density at radius 3 is 2.35 bits per heavy atom. The molecule has 2 heteroatoms. The van der Waals surface area contributed by atoms with Crippen molar-refractivity contribution in [2.75, 3.05) is 6.54 Å². The average Bonchev–Trinajstić information content (AvgIpc) is 2.48. The Labute approximate surface area is 121 Å². The first kappa shape index (κ1) is 14.6. The lowest BCUT2D eigenvalue weighted by atomic mass is 10.0. The van der Waals surface area contributed by atoms with Crippen LogP contribution in [-0.4, -0.2) is 6.54 Å². The summed E-state index contributed by atoms with van der Waals surface area (Å²) < 4.78 is 6.06. The molecule has 0 amide bonds. The zero-order valence-electron chi connectivity index (χ0n) is 12.5. The van der Waals surface area contributed by atoms with Crippen LogP contribution in [0.2, 0.25) is 0 Å². The van der Waals surface area contributed by atoms with E-state index in [9.17, 15) is 0 Å². The van der Waals surface area contributed by atoms with Crippen LogP contribution < -0.4 is 10.5 Å². The summed E-state index contributed by atoms with van der Waals surface area (Å²) in [5, 5.41) is 0. The molecule has 2 N–H and O–H groups in total. The van der Waals surface area contributed by atoms with Gasteiger partial charge in [0.1, 0.15) is 11.9 Å². The van der Waals surface area contributed by atoms with Crippen molar-refractivity contribution in [2.45, 2.75) is 33.3 Å². The van der Waals surface area contributed by atoms with E-state index in [2.05, 4.69) is 51.1 Å². The average molecular weight is 269 g/mol. The Balaban J connectivity index is 2.21. The van der Waals surface area contributed by atoms with Crippen molar-refractivity contribution in [3.05, 3.63) is 64.7 Å². The highest BCUT2D eigenvalue weighted by atomic mass is 16.5. The van der Waals surface area contributed by atoms with Gasteiger partial charge in [-0.3, -0.25) is 0 Å². The highest BCUT2D eigenvalue weighted by molar-refractivity contribution is 5.34. The van der Waals surface area contributed by atoms with Crippen molar-refractivity contribution in [1.82, 2.24) is 0 Å². The van der Waals surface area contributed by atoms with Crippen molar-refractivity contribution in [3.63, 3.8) is 0 Å². The summed E-state index contributed by atoms with van der Waals surface area (Å²) in [4.78, 5) is 0. The number of hydrogen-bond acceptors (Lipinski definition) is 2. The lowest BCUT2D eigenvalue weighted by Crippen LogP contribution is -2.19. The minimum Gasteiger partial charge on any atom is -0.484 e.